The Labute approximate surface area is 105 Å². The summed E-state index contributed by atoms with van der Waals surface area (Å²) in [4.78, 5) is 60.7. The molecule has 1 unspecified atom stereocenters. The first-order valence-corrected chi connectivity index (χ1v) is 10.2. The van der Waals surface area contributed by atoms with Gasteiger partial charge in [0.05, 0.1) is 5.31 Å². The summed E-state index contributed by atoms with van der Waals surface area (Å²) in [6.45, 7) is 0.393. The van der Waals surface area contributed by atoms with Crippen molar-refractivity contribution in [3.05, 3.63) is 10.4 Å². The lowest BCUT2D eigenvalue weighted by atomic mass is 10.7. The Morgan fingerprint density at radius 3 is 1.32 bits per heavy atom. The highest BCUT2D eigenvalue weighted by atomic mass is 31.3. The lowest BCUT2D eigenvalue weighted by Crippen LogP contribution is -1.97. The van der Waals surface area contributed by atoms with Crippen LogP contribution in [-0.2, 0) is 22.6 Å². The molecule has 19 heavy (non-hydrogen) atoms. The predicted molar refractivity (Wildman–Crippen MR) is 59.7 cm³/mol. The van der Waals surface area contributed by atoms with Crippen LogP contribution in [0.25, 0.3) is 0 Å². The summed E-state index contributed by atoms with van der Waals surface area (Å²) in [6, 6.07) is 0. The quantitative estimate of drug-likeness (QED) is 0.317. The molecule has 0 aliphatic rings. The Morgan fingerprint density at radius 1 is 0.789 bits per heavy atom. The molecule has 16 heteroatoms. The van der Waals surface area contributed by atoms with Crippen LogP contribution in [0.4, 0.5) is 0 Å². The SMILES string of the molecule is CC(=C(P(=O)(O)O)P(=O)(O)O)P(=O)(O)OP(=O)(O)O. The molecule has 0 saturated carbocycles. The van der Waals surface area contributed by atoms with E-state index in [0.717, 1.165) is 0 Å². The second kappa shape index (κ2) is 5.61. The van der Waals surface area contributed by atoms with E-state index in [4.69, 9.17) is 34.3 Å². The molecule has 1 atom stereocenters. The number of rotatable bonds is 5. The van der Waals surface area contributed by atoms with Crippen molar-refractivity contribution >= 4 is 30.6 Å². The molecule has 0 spiro atoms. The summed E-state index contributed by atoms with van der Waals surface area (Å²) in [5.74, 6) is 0. The van der Waals surface area contributed by atoms with Crippen molar-refractivity contribution in [2.45, 2.75) is 6.92 Å². The van der Waals surface area contributed by atoms with Crippen LogP contribution in [0.15, 0.2) is 10.4 Å². The normalized spacial score (nSPS) is 16.8. The Hall–Kier alpha value is 0.340. The maximum absolute atomic E-state index is 11.4. The van der Waals surface area contributed by atoms with Crippen molar-refractivity contribution in [1.82, 2.24) is 0 Å². The summed E-state index contributed by atoms with van der Waals surface area (Å²) < 4.78 is 46.9. The molecule has 0 aromatic rings. The smallest absolute Gasteiger partial charge is 0.321 e. The third kappa shape index (κ3) is 6.10. The van der Waals surface area contributed by atoms with E-state index in [0.29, 0.717) is 6.92 Å². The van der Waals surface area contributed by atoms with E-state index in [1.165, 1.54) is 0 Å². The van der Waals surface area contributed by atoms with E-state index < -0.39 is 41.0 Å². The molecule has 0 bridgehead atoms. The van der Waals surface area contributed by atoms with Gasteiger partial charge in [-0.3, -0.25) is 13.7 Å². The predicted octanol–water partition coefficient (Wildman–Crippen LogP) is -0.175. The minimum atomic E-state index is -5.66. The minimum absolute atomic E-state index is 0.393. The molecule has 0 radical (unpaired) electrons. The number of hydrogen-bond donors (Lipinski definition) is 7. The van der Waals surface area contributed by atoms with Crippen LogP contribution in [0.2, 0.25) is 0 Å². The Bertz CT molecular complexity index is 544. The highest BCUT2D eigenvalue weighted by Gasteiger charge is 2.45. The van der Waals surface area contributed by atoms with Crippen LogP contribution >= 0.6 is 30.6 Å². The molecule has 0 aliphatic heterocycles. The second-order valence-electron chi connectivity index (χ2n) is 3.09. The van der Waals surface area contributed by atoms with Crippen molar-refractivity contribution in [1.29, 1.82) is 0 Å². The van der Waals surface area contributed by atoms with E-state index >= 15 is 0 Å². The summed E-state index contributed by atoms with van der Waals surface area (Å²) in [6.07, 6.45) is 0. The van der Waals surface area contributed by atoms with Gasteiger partial charge in [-0.2, -0.15) is 0 Å². The van der Waals surface area contributed by atoms with Gasteiger partial charge in [0.1, 0.15) is 0 Å². The molecule has 0 amide bonds. The molecule has 114 valence electrons. The Balaban J connectivity index is 6.17. The summed E-state index contributed by atoms with van der Waals surface area (Å²) in [7, 11) is -22.4. The Morgan fingerprint density at radius 2 is 1.11 bits per heavy atom. The zero-order chi connectivity index (χ0) is 15.9. The van der Waals surface area contributed by atoms with E-state index in [9.17, 15) is 18.3 Å². The summed E-state index contributed by atoms with van der Waals surface area (Å²) in [5, 5.41) is -3.57. The molecule has 0 heterocycles. The first-order chi connectivity index (χ1) is 7.98. The fourth-order valence-corrected chi connectivity index (χ4v) is 6.56. The molecule has 7 N–H and O–H groups in total. The molecule has 0 saturated heterocycles. The molecule has 0 aromatic heterocycles. The van der Waals surface area contributed by atoms with E-state index in [1.54, 1.807) is 0 Å². The summed E-state index contributed by atoms with van der Waals surface area (Å²) >= 11 is 0. The van der Waals surface area contributed by atoms with Gasteiger partial charge in [-0.25, -0.2) is 8.88 Å². The van der Waals surface area contributed by atoms with Crippen molar-refractivity contribution in [3.8, 4) is 0 Å². The standard InChI is InChI=1S/C3H10O12P4/c1-2(18(10,11)15-19(12,13)14)3(16(4,5)6)17(7,8)9/h1H3,(H,10,11)(H2,4,5,6)(H2,7,8,9)(H2,12,13,14). The van der Waals surface area contributed by atoms with Crippen LogP contribution in [-0.4, -0.2) is 34.3 Å². The van der Waals surface area contributed by atoms with Crippen LogP contribution < -0.4 is 0 Å². The lowest BCUT2D eigenvalue weighted by molar-refractivity contribution is 0.265. The zero-order valence-electron chi connectivity index (χ0n) is 8.96. The van der Waals surface area contributed by atoms with Gasteiger partial charge in [0.2, 0.25) is 0 Å². The fraction of sp³-hybridized carbons (Fsp3) is 0.333. The van der Waals surface area contributed by atoms with E-state index in [2.05, 4.69) is 4.31 Å². The van der Waals surface area contributed by atoms with Crippen molar-refractivity contribution in [2.75, 3.05) is 0 Å². The number of hydrogen-bond acceptors (Lipinski definition) is 5. The van der Waals surface area contributed by atoms with Crippen molar-refractivity contribution in [3.63, 3.8) is 0 Å². The highest BCUT2D eigenvalue weighted by molar-refractivity contribution is 7.78. The van der Waals surface area contributed by atoms with Crippen LogP contribution in [0.3, 0.4) is 0 Å². The van der Waals surface area contributed by atoms with Gasteiger partial charge in [0, 0.05) is 0 Å². The van der Waals surface area contributed by atoms with Gasteiger partial charge in [0.25, 0.3) is 0 Å². The maximum Gasteiger partial charge on any atom is 0.477 e. The second-order valence-corrected chi connectivity index (χ2v) is 9.86. The van der Waals surface area contributed by atoms with Gasteiger partial charge in [-0.15, -0.1) is 0 Å². The van der Waals surface area contributed by atoms with E-state index in [1.807, 2.05) is 0 Å². The molecule has 0 aliphatic carbocycles. The lowest BCUT2D eigenvalue weighted by Gasteiger charge is -2.18. The van der Waals surface area contributed by atoms with Gasteiger partial charge in [0.15, 0.2) is 5.06 Å². The third-order valence-electron chi connectivity index (χ3n) is 1.52. The van der Waals surface area contributed by atoms with Crippen molar-refractivity contribution in [2.24, 2.45) is 0 Å². The van der Waals surface area contributed by atoms with E-state index in [-0.39, 0.29) is 0 Å². The number of phosphoric acid groups is 1. The first kappa shape index (κ1) is 19.3. The topological polar surface area (TPSA) is 219 Å². The molecule has 0 fully saturated rings. The number of allylic oxidation sites excluding steroid dienone is 1. The Kier molecular flexibility index (Phi) is 5.71. The average Bonchev–Trinajstić information content (AvgIpc) is 1.91. The largest absolute Gasteiger partial charge is 0.477 e. The highest BCUT2D eigenvalue weighted by Crippen LogP contribution is 2.72. The molecule has 0 aromatic carbocycles. The maximum atomic E-state index is 11.4. The van der Waals surface area contributed by atoms with Crippen LogP contribution in [0.1, 0.15) is 6.92 Å². The molecule has 0 rings (SSSR count). The van der Waals surface area contributed by atoms with Gasteiger partial charge >= 0.3 is 30.6 Å². The van der Waals surface area contributed by atoms with Gasteiger partial charge in [-0.05, 0) is 6.92 Å². The van der Waals surface area contributed by atoms with Gasteiger partial charge < -0.3 is 34.3 Å². The monoisotopic (exact) mass is 362 g/mol. The zero-order valence-corrected chi connectivity index (χ0v) is 12.5. The fourth-order valence-electron chi connectivity index (χ4n) is 0.923. The van der Waals surface area contributed by atoms with Gasteiger partial charge in [-0.1, -0.05) is 0 Å². The third-order valence-corrected chi connectivity index (χ3v) is 8.01. The van der Waals surface area contributed by atoms with Crippen LogP contribution in [0.5, 0.6) is 0 Å². The summed E-state index contributed by atoms with van der Waals surface area (Å²) in [5.41, 5.74) is 0. The molecule has 12 nitrogen and oxygen atoms in total. The van der Waals surface area contributed by atoms with Crippen LogP contribution in [0, 0.1) is 0 Å². The average molecular weight is 362 g/mol. The molecular formula is C3H10O12P4. The minimum Gasteiger partial charge on any atom is -0.321 e. The first-order valence-electron chi connectivity index (χ1n) is 3.92. The molecular weight excluding hydrogens is 352 g/mol. The van der Waals surface area contributed by atoms with Crippen molar-refractivity contribution < 1.29 is 56.8 Å².